The number of phenolic OH excluding ortho intramolecular Hbond substituents is 2. The molecule has 65 heavy (non-hydrogen) atoms. The molecular weight excluding hydrogens is 900 g/mol. The van der Waals surface area contributed by atoms with E-state index in [2.05, 4.69) is 33.6 Å². The van der Waals surface area contributed by atoms with Gasteiger partial charge in [0.15, 0.2) is 5.76 Å². The van der Waals surface area contributed by atoms with Crippen LogP contribution in [0.3, 0.4) is 0 Å². The third-order valence-corrected chi connectivity index (χ3v) is 6.74. The molecule has 0 spiro atoms. The number of ether oxygens (including phenoxy) is 1. The maximum Gasteiger partial charge on any atom is 0.433 e. The molecule has 0 saturated carbocycles. The summed E-state index contributed by atoms with van der Waals surface area (Å²) in [5.41, 5.74) is 3.17. The highest BCUT2D eigenvalue weighted by atomic mass is 35.5. The normalized spacial score (nSPS) is 9.83. The van der Waals surface area contributed by atoms with Gasteiger partial charge in [-0.2, -0.15) is 10.2 Å². The van der Waals surface area contributed by atoms with Crippen molar-refractivity contribution in [3.63, 3.8) is 0 Å². The molecule has 0 radical (unpaired) electrons. The summed E-state index contributed by atoms with van der Waals surface area (Å²) in [7, 11) is 0. The Morgan fingerprint density at radius 3 is 1.28 bits per heavy atom. The average molecular weight is 930 g/mol. The standard InChI is InChI=1S/C12H9N3O5.C10H4N2O9.C7H8N2O.C5H2ClNO4.C2H6.H2O/c16-9-4-2-1-3-8(9)7-13-14-12(17)10-5-6-11(20-10)15(18)19;13-9(5-1-3-7(19-5)11(15)16)21-10(14)6-2-4-8(20-6)12(17)18;8-9-5-6-3-1-2-4-7(6)10;6-5(8)3-1-2-4(11-3)7(9)10;1-2;/h1-7,16H,(H,14,17);1-4H;1-5,10H,8H2;1-2H;1-2H3;1H2/p-1/b13-7+;;9-5+;;;. The quantitative estimate of drug-likeness (QED) is 0.0206. The van der Waals surface area contributed by atoms with Gasteiger partial charge in [-0.25, -0.2) is 15.0 Å². The Morgan fingerprint density at radius 1 is 0.600 bits per heavy atom. The Balaban J connectivity index is 0.000000445. The number of hydrogen-bond donors (Lipinski definition) is 4. The Morgan fingerprint density at radius 2 is 0.938 bits per heavy atom. The number of nitro groups is 4. The minimum atomic E-state index is -1.30. The number of para-hydroxylation sites is 2. The molecule has 28 nitrogen and oxygen atoms in total. The van der Waals surface area contributed by atoms with Gasteiger partial charge in [0, 0.05) is 11.1 Å². The van der Waals surface area contributed by atoms with E-state index in [9.17, 15) is 64.7 Å². The molecule has 0 aliphatic carbocycles. The highest BCUT2D eigenvalue weighted by Crippen LogP contribution is 2.20. The lowest BCUT2D eigenvalue weighted by Crippen LogP contribution is -2.16. The number of benzene rings is 2. The number of hydrazone groups is 2. The fraction of sp³-hybridized carbons (Fsp3) is 0.0556. The number of amides is 1. The smallest absolute Gasteiger partial charge is 0.433 e. The zero-order valence-electron chi connectivity index (χ0n) is 32.8. The monoisotopic (exact) mass is 929 g/mol. The van der Waals surface area contributed by atoms with Crippen molar-refractivity contribution in [2.75, 3.05) is 0 Å². The van der Waals surface area contributed by atoms with Gasteiger partial charge in [-0.1, -0.05) is 38.1 Å². The Hall–Kier alpha value is -9.57. The third-order valence-electron chi connectivity index (χ3n) is 6.55. The molecule has 0 saturated heterocycles. The van der Waals surface area contributed by atoms with Crippen molar-refractivity contribution in [3.8, 4) is 11.5 Å². The van der Waals surface area contributed by atoms with E-state index in [-0.39, 0.29) is 28.5 Å². The van der Waals surface area contributed by atoms with Crippen LogP contribution in [0.25, 0.3) is 0 Å². The minimum absolute atomic E-state index is 0. The number of phenols is 2. The lowest BCUT2D eigenvalue weighted by Gasteiger charge is -1.97. The van der Waals surface area contributed by atoms with Crippen molar-refractivity contribution in [2.45, 2.75) is 13.8 Å². The molecule has 6 rings (SSSR count). The first-order chi connectivity index (χ1) is 30.4. The first-order valence-electron chi connectivity index (χ1n) is 17.0. The molecular formula is C36H30ClN8O20-. The molecule has 6 N–H and O–H groups in total. The number of nitrogens with zero attached hydrogens (tertiary/aromatic N) is 6. The number of carbonyl (C=O) groups excluding carboxylic acids is 4. The first-order valence-corrected chi connectivity index (χ1v) is 17.3. The van der Waals surface area contributed by atoms with Crippen LogP contribution in [0.15, 0.2) is 125 Å². The number of hydrogen-bond acceptors (Lipinski definition) is 23. The van der Waals surface area contributed by atoms with Gasteiger partial charge in [-0.05, 0) is 60.1 Å². The van der Waals surface area contributed by atoms with Crippen molar-refractivity contribution in [3.05, 3.63) is 172 Å². The van der Waals surface area contributed by atoms with Crippen LogP contribution < -0.4 is 11.3 Å². The first kappa shape index (κ1) is 53.4. The number of nitrogens with one attached hydrogen (secondary N) is 1. The number of halogens is 1. The van der Waals surface area contributed by atoms with E-state index in [0.717, 1.165) is 42.5 Å². The van der Waals surface area contributed by atoms with Gasteiger partial charge < -0.3 is 43.9 Å². The molecule has 0 unspecified atom stereocenters. The maximum absolute atomic E-state index is 11.6. The number of carbonyl (C=O) groups is 4. The van der Waals surface area contributed by atoms with E-state index < -0.39 is 77.8 Å². The van der Waals surface area contributed by atoms with Gasteiger partial charge >= 0.3 is 41.4 Å². The summed E-state index contributed by atoms with van der Waals surface area (Å²) in [6.07, 6.45) is 2.64. The zero-order chi connectivity index (χ0) is 47.9. The van der Waals surface area contributed by atoms with Crippen LogP contribution in [0.1, 0.15) is 67.2 Å². The highest BCUT2D eigenvalue weighted by molar-refractivity contribution is 6.67. The summed E-state index contributed by atoms with van der Waals surface area (Å²) < 4.78 is 22.5. The molecule has 342 valence electrons. The largest absolute Gasteiger partial charge is 0.870 e. The van der Waals surface area contributed by atoms with Crippen molar-refractivity contribution < 1.29 is 77.0 Å². The third kappa shape index (κ3) is 17.1. The lowest BCUT2D eigenvalue weighted by atomic mass is 10.2. The second-order valence-electron chi connectivity index (χ2n) is 10.6. The molecule has 2 aromatic carbocycles. The summed E-state index contributed by atoms with van der Waals surface area (Å²) in [4.78, 5) is 82.7. The summed E-state index contributed by atoms with van der Waals surface area (Å²) in [5.74, 6) is -2.27. The molecule has 1 amide bonds. The number of furan rings is 4. The fourth-order valence-electron chi connectivity index (χ4n) is 3.82. The number of aromatic hydroxyl groups is 2. The average Bonchev–Trinajstić information content (AvgIpc) is 4.11. The second-order valence-corrected chi connectivity index (χ2v) is 11.0. The number of rotatable bonds is 11. The summed E-state index contributed by atoms with van der Waals surface area (Å²) in [6, 6.07) is 21.4. The number of nitrogens with two attached hydrogens (primary N) is 1. The van der Waals surface area contributed by atoms with Gasteiger partial charge in [0.25, 0.3) is 5.24 Å². The van der Waals surface area contributed by atoms with Crippen molar-refractivity contribution >= 4 is 70.7 Å². The molecule has 0 atom stereocenters. The van der Waals surface area contributed by atoms with Gasteiger partial charge in [0.05, 0.1) is 36.7 Å². The number of esters is 2. The topological polar surface area (TPSA) is 436 Å². The maximum atomic E-state index is 11.6. The van der Waals surface area contributed by atoms with E-state index in [0.29, 0.717) is 11.1 Å². The molecule has 0 bridgehead atoms. The zero-order valence-corrected chi connectivity index (χ0v) is 33.6. The van der Waals surface area contributed by atoms with E-state index in [1.54, 1.807) is 42.5 Å². The second kappa shape index (κ2) is 26.6. The van der Waals surface area contributed by atoms with E-state index >= 15 is 0 Å². The van der Waals surface area contributed by atoms with Crippen LogP contribution in [0, 0.1) is 40.5 Å². The molecule has 4 heterocycles. The molecule has 29 heteroatoms. The van der Waals surface area contributed by atoms with E-state index in [4.69, 9.17) is 27.0 Å². The Labute approximate surface area is 365 Å². The molecule has 0 aliphatic heterocycles. The Kier molecular flexibility index (Phi) is 21.9. The van der Waals surface area contributed by atoms with Gasteiger partial charge in [0.1, 0.15) is 31.2 Å². The molecule has 0 fully saturated rings. The van der Waals surface area contributed by atoms with Crippen molar-refractivity contribution in [1.29, 1.82) is 0 Å². The lowest BCUT2D eigenvalue weighted by molar-refractivity contribution is -0.402. The van der Waals surface area contributed by atoms with Crippen molar-refractivity contribution in [2.24, 2.45) is 16.0 Å². The van der Waals surface area contributed by atoms with Crippen LogP contribution in [0.4, 0.5) is 23.5 Å². The summed E-state index contributed by atoms with van der Waals surface area (Å²) >= 11 is 4.97. The fourth-order valence-corrected chi connectivity index (χ4v) is 3.93. The van der Waals surface area contributed by atoms with Crippen LogP contribution in [-0.2, 0) is 4.74 Å². The van der Waals surface area contributed by atoms with E-state index in [1.165, 1.54) is 24.6 Å². The van der Waals surface area contributed by atoms with E-state index in [1.807, 2.05) is 13.8 Å². The SMILES string of the molecule is CC.N/N=C/c1ccccc1O.O=C(Cl)c1ccc([N+](=O)[O-])o1.O=C(N/N=C/c1ccccc1O)c1ccc([N+](=O)[O-])o1.O=C(OC(=O)c1ccc([N+](=O)[O-])o1)c1ccc([N+](=O)[O-])o1.[OH-]. The predicted octanol–water partition coefficient (Wildman–Crippen LogP) is 6.44. The Bertz CT molecular complexity index is 2570. The van der Waals surface area contributed by atoms with Gasteiger partial charge in [-0.15, -0.1) is 0 Å². The van der Waals surface area contributed by atoms with Crippen LogP contribution in [0.2, 0.25) is 0 Å². The van der Waals surface area contributed by atoms with Crippen LogP contribution >= 0.6 is 11.6 Å². The highest BCUT2D eigenvalue weighted by Gasteiger charge is 2.25. The van der Waals surface area contributed by atoms with Crippen LogP contribution in [0.5, 0.6) is 11.5 Å². The summed E-state index contributed by atoms with van der Waals surface area (Å²) in [6.45, 7) is 4.00. The predicted molar refractivity (Wildman–Crippen MR) is 218 cm³/mol. The molecule has 4 aromatic heterocycles. The molecule has 0 aliphatic rings. The van der Waals surface area contributed by atoms with Crippen LogP contribution in [-0.4, -0.2) is 70.9 Å². The van der Waals surface area contributed by atoms with Crippen molar-refractivity contribution in [1.82, 2.24) is 5.43 Å². The molecule has 6 aromatic rings. The minimum Gasteiger partial charge on any atom is -0.870 e. The van der Waals surface area contributed by atoms with Gasteiger partial charge in [0.2, 0.25) is 17.3 Å². The summed E-state index contributed by atoms with van der Waals surface area (Å²) in [5, 5.41) is 65.7. The van der Waals surface area contributed by atoms with Gasteiger partial charge in [-0.3, -0.25) is 50.0 Å².